The molecule has 1 N–H and O–H groups in total. The number of aryl methyl sites for hydroxylation is 2. The summed E-state index contributed by atoms with van der Waals surface area (Å²) in [6.07, 6.45) is 0. The first-order valence-electron chi connectivity index (χ1n) is 7.98. The van der Waals surface area contributed by atoms with Crippen molar-refractivity contribution < 1.29 is 9.32 Å². The van der Waals surface area contributed by atoms with Crippen LogP contribution in [0.25, 0.3) is 0 Å². The number of nitrogens with one attached hydrogen (secondary N) is 1. The van der Waals surface area contributed by atoms with Crippen LogP contribution in [0.1, 0.15) is 17.0 Å². The van der Waals surface area contributed by atoms with E-state index in [0.717, 1.165) is 36.7 Å². The summed E-state index contributed by atoms with van der Waals surface area (Å²) < 4.78 is 5.09. The Hall–Kier alpha value is -2.05. The Morgan fingerprint density at radius 1 is 1.25 bits per heavy atom. The fourth-order valence-electron chi connectivity index (χ4n) is 2.75. The minimum Gasteiger partial charge on any atom is -0.361 e. The van der Waals surface area contributed by atoms with E-state index in [1.54, 1.807) is 4.90 Å². The number of benzene rings is 1. The van der Waals surface area contributed by atoms with E-state index in [9.17, 15) is 4.79 Å². The number of anilines is 1. The van der Waals surface area contributed by atoms with E-state index < -0.39 is 0 Å². The molecule has 2 aromatic rings. The number of urea groups is 1. The predicted octanol–water partition coefficient (Wildman–Crippen LogP) is 3.29. The number of aromatic nitrogens is 1. The highest BCUT2D eigenvalue weighted by Crippen LogP contribution is 2.23. The summed E-state index contributed by atoms with van der Waals surface area (Å²) in [5, 5.41) is 7.46. The molecule has 1 aliphatic rings. The molecule has 6 nitrogen and oxygen atoms in total. The number of amides is 2. The van der Waals surface area contributed by atoms with Crippen LogP contribution in [-0.4, -0.2) is 47.2 Å². The molecule has 7 heteroatoms. The molecule has 2 amide bonds. The summed E-state index contributed by atoms with van der Waals surface area (Å²) >= 11 is 6.17. The van der Waals surface area contributed by atoms with Crippen LogP contribution in [-0.2, 0) is 6.54 Å². The number of nitrogens with zero attached hydrogens (tertiary/aromatic N) is 3. The first-order valence-corrected chi connectivity index (χ1v) is 8.36. The first-order chi connectivity index (χ1) is 11.5. The number of hydrogen-bond donors (Lipinski definition) is 1. The summed E-state index contributed by atoms with van der Waals surface area (Å²) in [4.78, 5) is 16.5. The third kappa shape index (κ3) is 4.07. The Balaban J connectivity index is 1.51. The predicted molar refractivity (Wildman–Crippen MR) is 93.3 cm³/mol. The van der Waals surface area contributed by atoms with Crippen molar-refractivity contribution in [2.24, 2.45) is 0 Å². The molecule has 2 heterocycles. The van der Waals surface area contributed by atoms with Crippen molar-refractivity contribution in [3.05, 3.63) is 46.3 Å². The van der Waals surface area contributed by atoms with Crippen LogP contribution >= 0.6 is 11.6 Å². The van der Waals surface area contributed by atoms with Gasteiger partial charge in [-0.3, -0.25) is 4.90 Å². The zero-order valence-corrected chi connectivity index (χ0v) is 14.6. The lowest BCUT2D eigenvalue weighted by Crippen LogP contribution is -2.49. The minimum absolute atomic E-state index is 0.113. The Kier molecular flexibility index (Phi) is 5.06. The van der Waals surface area contributed by atoms with Crippen LogP contribution in [0.15, 0.2) is 28.8 Å². The monoisotopic (exact) mass is 348 g/mol. The van der Waals surface area contributed by atoms with Crippen molar-refractivity contribution in [2.75, 3.05) is 31.5 Å². The fraction of sp³-hybridized carbons (Fsp3) is 0.412. The highest BCUT2D eigenvalue weighted by Gasteiger charge is 2.22. The van der Waals surface area contributed by atoms with Gasteiger partial charge in [0.1, 0.15) is 5.76 Å². The second-order valence-corrected chi connectivity index (χ2v) is 6.51. The summed E-state index contributed by atoms with van der Waals surface area (Å²) in [5.41, 5.74) is 2.64. The molecular weight excluding hydrogens is 328 g/mol. The molecule has 1 fully saturated rings. The number of rotatable bonds is 3. The summed E-state index contributed by atoms with van der Waals surface area (Å²) in [6.45, 7) is 7.55. The molecule has 24 heavy (non-hydrogen) atoms. The topological polar surface area (TPSA) is 61.6 Å². The average Bonchev–Trinajstić information content (AvgIpc) is 2.96. The van der Waals surface area contributed by atoms with Gasteiger partial charge in [0.2, 0.25) is 0 Å². The molecule has 0 spiro atoms. The third-order valence-corrected chi connectivity index (χ3v) is 4.40. The Morgan fingerprint density at radius 2 is 2.00 bits per heavy atom. The Labute approximate surface area is 146 Å². The maximum absolute atomic E-state index is 12.4. The molecule has 0 atom stereocenters. The largest absolute Gasteiger partial charge is 0.361 e. The number of halogens is 1. The zero-order valence-electron chi connectivity index (χ0n) is 13.9. The second kappa shape index (κ2) is 7.23. The van der Waals surface area contributed by atoms with E-state index >= 15 is 0 Å². The standard InChI is InChI=1S/C17H21ClN4O2/c1-12-3-4-16(15(18)9-12)19-17(23)22-7-5-21(6-8-22)11-14-10-13(2)24-20-14/h3-4,9-10H,5-8,11H2,1-2H3,(H,19,23). The van der Waals surface area contributed by atoms with Gasteiger partial charge in [0.25, 0.3) is 0 Å². The van der Waals surface area contributed by atoms with Gasteiger partial charge >= 0.3 is 6.03 Å². The molecule has 1 aliphatic heterocycles. The fourth-order valence-corrected chi connectivity index (χ4v) is 3.03. The van der Waals surface area contributed by atoms with E-state index in [1.807, 2.05) is 38.1 Å². The Morgan fingerprint density at radius 3 is 2.62 bits per heavy atom. The first kappa shape index (κ1) is 16.8. The van der Waals surface area contributed by atoms with Gasteiger partial charge in [-0.1, -0.05) is 22.8 Å². The Bertz CT molecular complexity index is 723. The molecule has 128 valence electrons. The van der Waals surface area contributed by atoms with Gasteiger partial charge < -0.3 is 14.7 Å². The summed E-state index contributed by atoms with van der Waals surface area (Å²) in [5.74, 6) is 0.818. The molecule has 1 saturated heterocycles. The van der Waals surface area contributed by atoms with E-state index in [4.69, 9.17) is 16.1 Å². The summed E-state index contributed by atoms with van der Waals surface area (Å²) in [7, 11) is 0. The molecule has 1 aromatic carbocycles. The van der Waals surface area contributed by atoms with Gasteiger partial charge in [-0.15, -0.1) is 0 Å². The normalized spacial score (nSPS) is 15.5. The van der Waals surface area contributed by atoms with Crippen LogP contribution in [0.2, 0.25) is 5.02 Å². The molecule has 0 aliphatic carbocycles. The quantitative estimate of drug-likeness (QED) is 0.924. The van der Waals surface area contributed by atoms with Gasteiger partial charge in [0, 0.05) is 38.8 Å². The van der Waals surface area contributed by atoms with Crippen LogP contribution in [0, 0.1) is 13.8 Å². The molecule has 0 saturated carbocycles. The van der Waals surface area contributed by atoms with Gasteiger partial charge in [-0.05, 0) is 31.5 Å². The zero-order chi connectivity index (χ0) is 17.1. The number of carbonyl (C=O) groups excluding carboxylic acids is 1. The van der Waals surface area contributed by atoms with Crippen molar-refractivity contribution in [1.29, 1.82) is 0 Å². The van der Waals surface area contributed by atoms with E-state index in [0.29, 0.717) is 23.8 Å². The van der Waals surface area contributed by atoms with E-state index in [1.165, 1.54) is 0 Å². The lowest BCUT2D eigenvalue weighted by molar-refractivity contribution is 0.141. The number of hydrogen-bond acceptors (Lipinski definition) is 4. The van der Waals surface area contributed by atoms with Crippen molar-refractivity contribution in [2.45, 2.75) is 20.4 Å². The van der Waals surface area contributed by atoms with Crippen molar-refractivity contribution in [1.82, 2.24) is 15.0 Å². The van der Waals surface area contributed by atoms with E-state index in [2.05, 4.69) is 15.4 Å². The average molecular weight is 349 g/mol. The smallest absolute Gasteiger partial charge is 0.321 e. The summed E-state index contributed by atoms with van der Waals surface area (Å²) in [6, 6.07) is 7.43. The van der Waals surface area contributed by atoms with Crippen LogP contribution in [0.4, 0.5) is 10.5 Å². The van der Waals surface area contributed by atoms with Crippen molar-refractivity contribution in [3.63, 3.8) is 0 Å². The highest BCUT2D eigenvalue weighted by atomic mass is 35.5. The SMILES string of the molecule is Cc1ccc(NC(=O)N2CCN(Cc3cc(C)on3)CC2)c(Cl)c1. The lowest BCUT2D eigenvalue weighted by atomic mass is 10.2. The highest BCUT2D eigenvalue weighted by molar-refractivity contribution is 6.33. The molecule has 3 rings (SSSR count). The molecule has 0 unspecified atom stereocenters. The van der Waals surface area contributed by atoms with Gasteiger partial charge in [0.15, 0.2) is 0 Å². The van der Waals surface area contributed by atoms with Crippen molar-refractivity contribution in [3.8, 4) is 0 Å². The van der Waals surface area contributed by atoms with Gasteiger partial charge in [-0.2, -0.15) is 0 Å². The van der Waals surface area contributed by atoms with Crippen LogP contribution in [0.3, 0.4) is 0 Å². The van der Waals surface area contributed by atoms with Crippen LogP contribution in [0.5, 0.6) is 0 Å². The molecular formula is C17H21ClN4O2. The molecule has 0 radical (unpaired) electrons. The minimum atomic E-state index is -0.113. The number of piperazine rings is 1. The maximum Gasteiger partial charge on any atom is 0.321 e. The second-order valence-electron chi connectivity index (χ2n) is 6.11. The maximum atomic E-state index is 12.4. The van der Waals surface area contributed by atoms with Gasteiger partial charge in [0.05, 0.1) is 16.4 Å². The molecule has 0 bridgehead atoms. The van der Waals surface area contributed by atoms with Gasteiger partial charge in [-0.25, -0.2) is 4.79 Å². The third-order valence-electron chi connectivity index (χ3n) is 4.09. The lowest BCUT2D eigenvalue weighted by Gasteiger charge is -2.34. The van der Waals surface area contributed by atoms with E-state index in [-0.39, 0.29) is 6.03 Å². The number of carbonyl (C=O) groups is 1. The van der Waals surface area contributed by atoms with Crippen molar-refractivity contribution >= 4 is 23.3 Å². The molecule has 1 aromatic heterocycles. The van der Waals surface area contributed by atoms with Crippen LogP contribution < -0.4 is 5.32 Å².